The molecule has 6 nitrogen and oxygen atoms in total. The fourth-order valence-electron chi connectivity index (χ4n) is 3.99. The lowest BCUT2D eigenvalue weighted by atomic mass is 9.84. The Morgan fingerprint density at radius 2 is 1.76 bits per heavy atom. The Kier molecular flexibility index (Phi) is 8.63. The van der Waals surface area contributed by atoms with Crippen LogP contribution < -0.4 is 4.74 Å². The van der Waals surface area contributed by atoms with E-state index in [0.717, 1.165) is 22.4 Å². The minimum atomic E-state index is -1.16. The molecule has 2 aromatic rings. The first-order chi connectivity index (χ1) is 16.0. The van der Waals surface area contributed by atoms with E-state index in [1.165, 1.54) is 0 Å². The Hall–Kier alpha value is -2.12. The summed E-state index contributed by atoms with van der Waals surface area (Å²) in [5.74, 6) is 0.0578. The third-order valence-corrected chi connectivity index (χ3v) is 6.46. The summed E-state index contributed by atoms with van der Waals surface area (Å²) in [5, 5.41) is 21.9. The number of benzene rings is 2. The number of ether oxygens (including phenoxy) is 3. The van der Waals surface area contributed by atoms with Crippen LogP contribution in [0.2, 0.25) is 5.02 Å². The molecule has 0 saturated carbocycles. The number of halogens is 1. The Bertz CT molecular complexity index is 968. The van der Waals surface area contributed by atoms with Gasteiger partial charge in [-0.05, 0) is 69.0 Å². The zero-order chi connectivity index (χ0) is 25.0. The van der Waals surface area contributed by atoms with Crippen molar-refractivity contribution in [3.63, 3.8) is 0 Å². The number of hydrogen-bond donors (Lipinski definition) is 2. The van der Waals surface area contributed by atoms with E-state index in [1.807, 2.05) is 56.3 Å². The van der Waals surface area contributed by atoms with Crippen LogP contribution >= 0.6 is 11.6 Å². The number of aliphatic hydroxyl groups excluding tert-OH is 2. The van der Waals surface area contributed by atoms with Crippen molar-refractivity contribution in [3.8, 4) is 5.75 Å². The third-order valence-electron chi connectivity index (χ3n) is 6.09. The highest BCUT2D eigenvalue weighted by molar-refractivity contribution is 6.31. The van der Waals surface area contributed by atoms with Crippen molar-refractivity contribution in [2.75, 3.05) is 13.2 Å². The van der Waals surface area contributed by atoms with Crippen molar-refractivity contribution < 1.29 is 29.2 Å². The molecular formula is C27H35ClO6. The van der Waals surface area contributed by atoms with Gasteiger partial charge in [0.15, 0.2) is 0 Å². The average molecular weight is 491 g/mol. The van der Waals surface area contributed by atoms with Crippen molar-refractivity contribution in [2.24, 2.45) is 11.3 Å². The molecule has 7 heteroatoms. The lowest BCUT2D eigenvalue weighted by Gasteiger charge is -2.42. The van der Waals surface area contributed by atoms with E-state index in [0.29, 0.717) is 18.1 Å². The van der Waals surface area contributed by atoms with E-state index in [9.17, 15) is 15.0 Å². The molecular weight excluding hydrogens is 456 g/mol. The first-order valence-corrected chi connectivity index (χ1v) is 12.1. The molecule has 0 aliphatic carbocycles. The van der Waals surface area contributed by atoms with Crippen LogP contribution in [0.25, 0.3) is 0 Å². The second-order valence-electron chi connectivity index (χ2n) is 9.89. The largest absolute Gasteiger partial charge is 0.494 e. The molecule has 2 N–H and O–H groups in total. The van der Waals surface area contributed by atoms with Crippen LogP contribution in [-0.2, 0) is 20.7 Å². The van der Waals surface area contributed by atoms with Crippen molar-refractivity contribution in [1.29, 1.82) is 0 Å². The summed E-state index contributed by atoms with van der Waals surface area (Å²) in [4.78, 5) is 12.2. The molecule has 2 aromatic carbocycles. The summed E-state index contributed by atoms with van der Waals surface area (Å²) in [7, 11) is 0. The average Bonchev–Trinajstić information content (AvgIpc) is 2.79. The van der Waals surface area contributed by atoms with Crippen LogP contribution in [0.3, 0.4) is 0 Å². The molecule has 5 unspecified atom stereocenters. The lowest BCUT2D eigenvalue weighted by molar-refractivity contribution is -0.214. The normalized spacial score (nSPS) is 25.1. The number of esters is 1. The predicted molar refractivity (Wildman–Crippen MR) is 131 cm³/mol. The van der Waals surface area contributed by atoms with Crippen molar-refractivity contribution >= 4 is 17.6 Å². The van der Waals surface area contributed by atoms with E-state index in [4.69, 9.17) is 25.8 Å². The number of aliphatic hydroxyl groups is 2. The molecule has 0 radical (unpaired) electrons. The summed E-state index contributed by atoms with van der Waals surface area (Å²) >= 11 is 6.50. The minimum absolute atomic E-state index is 0.135. The molecule has 3 rings (SSSR count). The van der Waals surface area contributed by atoms with E-state index < -0.39 is 35.8 Å². The van der Waals surface area contributed by atoms with Gasteiger partial charge in [-0.25, -0.2) is 0 Å². The van der Waals surface area contributed by atoms with Gasteiger partial charge < -0.3 is 24.4 Å². The zero-order valence-corrected chi connectivity index (χ0v) is 21.2. The van der Waals surface area contributed by atoms with Gasteiger partial charge in [0.25, 0.3) is 0 Å². The molecule has 1 fully saturated rings. The van der Waals surface area contributed by atoms with E-state index >= 15 is 0 Å². The predicted octanol–water partition coefficient (Wildman–Crippen LogP) is 4.72. The zero-order valence-electron chi connectivity index (χ0n) is 20.5. The van der Waals surface area contributed by atoms with Crippen LogP contribution in [0, 0.1) is 11.3 Å². The van der Waals surface area contributed by atoms with Gasteiger partial charge >= 0.3 is 5.97 Å². The maximum Gasteiger partial charge on any atom is 0.311 e. The smallest absolute Gasteiger partial charge is 0.311 e. The monoisotopic (exact) mass is 490 g/mol. The SMILES string of the molecule is CCOc1ccc(Cc2cc(C3OC(COC(=O)C(C)(C)C)C(O)C(O)C3C)ccc2Cl)cc1. The van der Waals surface area contributed by atoms with Crippen LogP contribution in [0.15, 0.2) is 42.5 Å². The molecule has 1 aliphatic rings. The first-order valence-electron chi connectivity index (χ1n) is 11.7. The highest BCUT2D eigenvalue weighted by atomic mass is 35.5. The second kappa shape index (κ2) is 11.1. The van der Waals surface area contributed by atoms with E-state index in [2.05, 4.69) is 0 Å². The minimum Gasteiger partial charge on any atom is -0.494 e. The first kappa shape index (κ1) is 26.5. The van der Waals surface area contributed by atoms with Crippen molar-refractivity contribution in [3.05, 3.63) is 64.2 Å². The quantitative estimate of drug-likeness (QED) is 0.546. The molecule has 1 saturated heterocycles. The third kappa shape index (κ3) is 6.30. The highest BCUT2D eigenvalue weighted by Crippen LogP contribution is 2.38. The Morgan fingerprint density at radius 1 is 1.09 bits per heavy atom. The Balaban J connectivity index is 1.78. The molecule has 1 aliphatic heterocycles. The lowest BCUT2D eigenvalue weighted by Crippen LogP contribution is -2.52. The fourth-order valence-corrected chi connectivity index (χ4v) is 4.18. The van der Waals surface area contributed by atoms with Crippen LogP contribution in [-0.4, -0.2) is 47.7 Å². The molecule has 5 atom stereocenters. The molecule has 186 valence electrons. The van der Waals surface area contributed by atoms with Gasteiger partial charge in [0.2, 0.25) is 0 Å². The Morgan fingerprint density at radius 3 is 2.38 bits per heavy atom. The molecule has 0 bridgehead atoms. The molecule has 34 heavy (non-hydrogen) atoms. The maximum absolute atomic E-state index is 12.2. The van der Waals surface area contributed by atoms with Gasteiger partial charge in [0.05, 0.1) is 24.2 Å². The summed E-state index contributed by atoms with van der Waals surface area (Å²) < 4.78 is 17.0. The van der Waals surface area contributed by atoms with Gasteiger partial charge in [0, 0.05) is 10.9 Å². The van der Waals surface area contributed by atoms with Gasteiger partial charge in [-0.2, -0.15) is 0 Å². The number of hydrogen-bond acceptors (Lipinski definition) is 6. The van der Waals surface area contributed by atoms with Crippen LogP contribution in [0.1, 0.15) is 57.4 Å². The number of carbonyl (C=O) groups excluding carboxylic acids is 1. The highest BCUT2D eigenvalue weighted by Gasteiger charge is 2.43. The van der Waals surface area contributed by atoms with Gasteiger partial charge in [-0.3, -0.25) is 4.79 Å². The maximum atomic E-state index is 12.2. The molecule has 0 amide bonds. The summed E-state index contributed by atoms with van der Waals surface area (Å²) in [6.45, 7) is 9.53. The standard InChI is InChI=1S/C27H35ClO6/c1-6-32-20-10-7-17(8-11-20)13-19-14-18(9-12-21(19)28)25-16(2)23(29)24(30)22(34-25)15-33-26(31)27(3,4)5/h7-12,14,16,22-25,29-30H,6,13,15H2,1-5H3. The fraction of sp³-hybridized carbons (Fsp3) is 0.519. The van der Waals surface area contributed by atoms with Gasteiger partial charge in [0.1, 0.15) is 24.6 Å². The summed E-state index contributed by atoms with van der Waals surface area (Å²) in [6, 6.07) is 13.6. The van der Waals surface area contributed by atoms with E-state index in [1.54, 1.807) is 20.8 Å². The van der Waals surface area contributed by atoms with E-state index in [-0.39, 0.29) is 12.5 Å². The summed E-state index contributed by atoms with van der Waals surface area (Å²) in [6.07, 6.45) is -2.89. The van der Waals surface area contributed by atoms with Crippen LogP contribution in [0.4, 0.5) is 0 Å². The van der Waals surface area contributed by atoms with Gasteiger partial charge in [-0.15, -0.1) is 0 Å². The van der Waals surface area contributed by atoms with Crippen molar-refractivity contribution in [2.45, 2.75) is 65.5 Å². The van der Waals surface area contributed by atoms with Crippen LogP contribution in [0.5, 0.6) is 5.75 Å². The molecule has 0 spiro atoms. The number of carbonyl (C=O) groups is 1. The number of rotatable bonds is 7. The molecule has 1 heterocycles. The van der Waals surface area contributed by atoms with Crippen molar-refractivity contribution in [1.82, 2.24) is 0 Å². The topological polar surface area (TPSA) is 85.2 Å². The summed E-state index contributed by atoms with van der Waals surface area (Å²) in [5.41, 5.74) is 2.19. The van der Waals surface area contributed by atoms with Gasteiger partial charge in [-0.1, -0.05) is 42.8 Å². The Labute approximate surface area is 206 Å². The second-order valence-corrected chi connectivity index (χ2v) is 10.3. The molecule has 0 aromatic heterocycles.